The van der Waals surface area contributed by atoms with E-state index in [0.29, 0.717) is 31.2 Å². The first kappa shape index (κ1) is 25.9. The van der Waals surface area contributed by atoms with Crippen molar-refractivity contribution < 1.29 is 28.5 Å². The van der Waals surface area contributed by atoms with E-state index in [1.54, 1.807) is 30.3 Å². The number of likely N-dealkylation sites (N-methyl/N-ethyl adjacent to an activating group) is 1. The lowest BCUT2D eigenvalue weighted by molar-refractivity contribution is -0.131. The molecule has 37 heavy (non-hydrogen) atoms. The van der Waals surface area contributed by atoms with Gasteiger partial charge in [-0.25, -0.2) is 4.98 Å². The number of benzene rings is 1. The fourth-order valence-electron chi connectivity index (χ4n) is 3.57. The summed E-state index contributed by atoms with van der Waals surface area (Å²) in [5.74, 6) is 1.46. The standard InChI is InChI=1S/C25H30N6O6/c1-17-4-6-18(7-5-17)35-11-10-30(2)24(32)15-31-27-14-22(29-31)28-25(33)21-12-20(16-36-21)37-19-8-9-26-23(13-19)34-3/h4-9,13-14,20-21H,10-12,15-16H2,1-3H3,(H,28,29,33)/t20-,21+/m0/s1. The molecule has 0 bridgehead atoms. The summed E-state index contributed by atoms with van der Waals surface area (Å²) < 4.78 is 22.2. The third-order valence-electron chi connectivity index (χ3n) is 5.68. The average molecular weight is 511 g/mol. The van der Waals surface area contributed by atoms with E-state index in [1.165, 1.54) is 18.1 Å². The topological polar surface area (TPSA) is 130 Å². The number of rotatable bonds is 11. The van der Waals surface area contributed by atoms with Crippen LogP contribution >= 0.6 is 0 Å². The number of pyridine rings is 1. The van der Waals surface area contributed by atoms with Crippen LogP contribution in [0.4, 0.5) is 5.82 Å². The van der Waals surface area contributed by atoms with Crippen LogP contribution in [0.25, 0.3) is 0 Å². The van der Waals surface area contributed by atoms with E-state index in [-0.39, 0.29) is 36.9 Å². The molecule has 0 aliphatic carbocycles. The van der Waals surface area contributed by atoms with Crippen molar-refractivity contribution in [3.63, 3.8) is 0 Å². The van der Waals surface area contributed by atoms with Crippen LogP contribution in [0, 0.1) is 6.92 Å². The summed E-state index contributed by atoms with van der Waals surface area (Å²) in [7, 11) is 3.21. The predicted molar refractivity (Wildman–Crippen MR) is 133 cm³/mol. The molecule has 2 atom stereocenters. The molecule has 2 amide bonds. The summed E-state index contributed by atoms with van der Waals surface area (Å²) in [6.07, 6.45) is 2.36. The molecule has 3 heterocycles. The molecule has 0 spiro atoms. The van der Waals surface area contributed by atoms with Gasteiger partial charge >= 0.3 is 0 Å². The zero-order valence-electron chi connectivity index (χ0n) is 21.0. The van der Waals surface area contributed by atoms with E-state index in [9.17, 15) is 9.59 Å². The maximum Gasteiger partial charge on any atom is 0.254 e. The van der Waals surface area contributed by atoms with Gasteiger partial charge in [-0.05, 0) is 25.1 Å². The second-order valence-corrected chi connectivity index (χ2v) is 8.56. The van der Waals surface area contributed by atoms with Crippen LogP contribution in [-0.2, 0) is 20.9 Å². The van der Waals surface area contributed by atoms with Crippen LogP contribution in [-0.4, -0.2) is 82.8 Å². The Morgan fingerprint density at radius 1 is 1.22 bits per heavy atom. The smallest absolute Gasteiger partial charge is 0.254 e. The molecule has 0 unspecified atom stereocenters. The lowest BCUT2D eigenvalue weighted by atomic mass is 10.2. The number of hydrogen-bond acceptors (Lipinski definition) is 9. The molecule has 1 aromatic carbocycles. The van der Waals surface area contributed by atoms with E-state index in [4.69, 9.17) is 18.9 Å². The van der Waals surface area contributed by atoms with Crippen LogP contribution in [0.15, 0.2) is 48.8 Å². The number of hydrogen-bond donors (Lipinski definition) is 1. The number of nitrogens with zero attached hydrogens (tertiary/aromatic N) is 5. The van der Waals surface area contributed by atoms with Crippen LogP contribution < -0.4 is 19.5 Å². The van der Waals surface area contributed by atoms with Gasteiger partial charge in [-0.3, -0.25) is 9.59 Å². The minimum Gasteiger partial charge on any atom is -0.492 e. The largest absolute Gasteiger partial charge is 0.492 e. The van der Waals surface area contributed by atoms with Gasteiger partial charge in [-0.1, -0.05) is 17.7 Å². The fourth-order valence-corrected chi connectivity index (χ4v) is 3.57. The molecule has 1 aliphatic rings. The van der Waals surface area contributed by atoms with Crippen molar-refractivity contribution >= 4 is 17.6 Å². The fraction of sp³-hybridized carbons (Fsp3) is 0.400. The molecule has 0 saturated carbocycles. The lowest BCUT2D eigenvalue weighted by Crippen LogP contribution is -2.34. The van der Waals surface area contributed by atoms with Gasteiger partial charge in [0.15, 0.2) is 5.82 Å². The van der Waals surface area contributed by atoms with Crippen LogP contribution in [0.5, 0.6) is 17.4 Å². The molecule has 1 fully saturated rings. The quantitative estimate of drug-likeness (QED) is 0.410. The minimum absolute atomic E-state index is 0.0673. The second kappa shape index (κ2) is 12.2. The Morgan fingerprint density at radius 2 is 2.03 bits per heavy atom. The lowest BCUT2D eigenvalue weighted by Gasteiger charge is -2.17. The Kier molecular flexibility index (Phi) is 8.52. The van der Waals surface area contributed by atoms with Crippen molar-refractivity contribution in [3.05, 3.63) is 54.4 Å². The summed E-state index contributed by atoms with van der Waals surface area (Å²) in [5, 5.41) is 10.9. The van der Waals surface area contributed by atoms with Gasteiger partial charge in [0, 0.05) is 25.7 Å². The third kappa shape index (κ3) is 7.40. The highest BCUT2D eigenvalue weighted by Crippen LogP contribution is 2.23. The number of carbonyl (C=O) groups is 2. The number of anilines is 1. The second-order valence-electron chi connectivity index (χ2n) is 8.56. The van der Waals surface area contributed by atoms with Crippen molar-refractivity contribution in [2.75, 3.05) is 39.2 Å². The van der Waals surface area contributed by atoms with Gasteiger partial charge in [-0.2, -0.15) is 9.90 Å². The van der Waals surface area contributed by atoms with Crippen molar-refractivity contribution in [3.8, 4) is 17.4 Å². The third-order valence-corrected chi connectivity index (χ3v) is 5.68. The summed E-state index contributed by atoms with van der Waals surface area (Å²) in [4.78, 5) is 31.9. The maximum absolute atomic E-state index is 12.6. The number of aryl methyl sites for hydroxylation is 1. The molecular weight excluding hydrogens is 480 g/mol. The van der Waals surface area contributed by atoms with Crippen molar-refractivity contribution in [1.82, 2.24) is 24.9 Å². The number of ether oxygens (including phenoxy) is 4. The van der Waals surface area contributed by atoms with Crippen molar-refractivity contribution in [2.24, 2.45) is 0 Å². The molecule has 2 aromatic heterocycles. The average Bonchev–Trinajstić information content (AvgIpc) is 3.54. The Hall–Kier alpha value is -4.19. The molecule has 12 heteroatoms. The molecular formula is C25H30N6O6. The first-order chi connectivity index (χ1) is 17.9. The van der Waals surface area contributed by atoms with Crippen molar-refractivity contribution in [2.45, 2.75) is 32.1 Å². The molecule has 1 aliphatic heterocycles. The Bertz CT molecular complexity index is 1200. The molecule has 4 rings (SSSR count). The summed E-state index contributed by atoms with van der Waals surface area (Å²) in [6.45, 7) is 2.98. The number of methoxy groups -OCH3 is 1. The number of aromatic nitrogens is 4. The summed E-state index contributed by atoms with van der Waals surface area (Å²) in [6, 6.07) is 11.1. The summed E-state index contributed by atoms with van der Waals surface area (Å²) >= 11 is 0. The zero-order chi connectivity index (χ0) is 26.2. The first-order valence-corrected chi connectivity index (χ1v) is 11.8. The van der Waals surface area contributed by atoms with Gasteiger partial charge in [0.25, 0.3) is 5.91 Å². The van der Waals surface area contributed by atoms with E-state index >= 15 is 0 Å². The van der Waals surface area contributed by atoms with Crippen LogP contribution in [0.2, 0.25) is 0 Å². The zero-order valence-corrected chi connectivity index (χ0v) is 21.0. The first-order valence-electron chi connectivity index (χ1n) is 11.8. The SMILES string of the molecule is COc1cc(O[C@@H]2CO[C@@H](C(=O)Nc3cnn(CC(=O)N(C)CCOc4ccc(C)cc4)n3)C2)ccn1. The Balaban J connectivity index is 1.19. The van der Waals surface area contributed by atoms with Gasteiger partial charge in [0.05, 0.1) is 26.5 Å². The van der Waals surface area contributed by atoms with Gasteiger partial charge in [-0.15, -0.1) is 5.10 Å². The molecule has 0 radical (unpaired) electrons. The normalized spacial score (nSPS) is 16.7. The molecule has 1 N–H and O–H groups in total. The van der Waals surface area contributed by atoms with Gasteiger partial charge in [0.2, 0.25) is 11.8 Å². The van der Waals surface area contributed by atoms with E-state index in [1.807, 2.05) is 31.2 Å². The highest BCUT2D eigenvalue weighted by Gasteiger charge is 2.33. The Labute approximate surface area is 214 Å². The highest BCUT2D eigenvalue weighted by atomic mass is 16.6. The van der Waals surface area contributed by atoms with Crippen molar-refractivity contribution in [1.29, 1.82) is 0 Å². The monoisotopic (exact) mass is 510 g/mol. The van der Waals surface area contributed by atoms with E-state index < -0.39 is 6.10 Å². The number of nitrogens with one attached hydrogen (secondary N) is 1. The van der Waals surface area contributed by atoms with E-state index in [0.717, 1.165) is 11.3 Å². The van der Waals surface area contributed by atoms with Crippen LogP contribution in [0.1, 0.15) is 12.0 Å². The predicted octanol–water partition coefficient (Wildman–Crippen LogP) is 1.70. The number of carbonyl (C=O) groups excluding carboxylic acids is 2. The molecule has 3 aromatic rings. The highest BCUT2D eigenvalue weighted by molar-refractivity contribution is 5.93. The number of amides is 2. The van der Waals surface area contributed by atoms with E-state index in [2.05, 4.69) is 20.5 Å². The molecule has 12 nitrogen and oxygen atoms in total. The Morgan fingerprint density at radius 3 is 2.81 bits per heavy atom. The minimum atomic E-state index is -0.694. The molecule has 196 valence electrons. The molecule has 1 saturated heterocycles. The maximum atomic E-state index is 12.6. The van der Waals surface area contributed by atoms with Crippen LogP contribution in [0.3, 0.4) is 0 Å². The summed E-state index contributed by atoms with van der Waals surface area (Å²) in [5.41, 5.74) is 1.15. The van der Waals surface area contributed by atoms with Gasteiger partial charge in [0.1, 0.15) is 36.9 Å². The van der Waals surface area contributed by atoms with Gasteiger partial charge < -0.3 is 29.2 Å².